The second-order valence-electron chi connectivity index (χ2n) is 7.21. The Morgan fingerprint density at radius 1 is 1.32 bits per heavy atom. The van der Waals surface area contributed by atoms with Gasteiger partial charge in [-0.05, 0) is 26.2 Å². The van der Waals surface area contributed by atoms with Crippen LogP contribution in [0.3, 0.4) is 0 Å². The molecule has 2 rings (SSSR count). The maximum absolute atomic E-state index is 11.3. The number of likely N-dealkylation sites (N-methyl/N-ethyl adjacent to an activating group) is 1. The second kappa shape index (κ2) is 7.57. The van der Waals surface area contributed by atoms with Gasteiger partial charge in [-0.2, -0.15) is 5.10 Å². The topological polar surface area (TPSA) is 85.4 Å². The molecule has 7 heteroatoms. The van der Waals surface area contributed by atoms with Crippen LogP contribution >= 0.6 is 0 Å². The molecule has 1 aromatic heterocycles. The highest BCUT2D eigenvalue weighted by Gasteiger charge is 2.21. The summed E-state index contributed by atoms with van der Waals surface area (Å²) in [5, 5.41) is 7.27. The van der Waals surface area contributed by atoms with E-state index in [1.807, 2.05) is 44.4 Å². The first-order valence-electron chi connectivity index (χ1n) is 8.22. The van der Waals surface area contributed by atoms with E-state index in [1.54, 1.807) is 4.68 Å². The molecule has 0 saturated heterocycles. The van der Waals surface area contributed by atoms with Crippen LogP contribution in [0.1, 0.15) is 26.5 Å². The molecule has 136 valence electrons. The fraction of sp³-hybridized carbons (Fsp3) is 0.444. The van der Waals surface area contributed by atoms with Gasteiger partial charge in [0.05, 0.1) is 11.4 Å². The molecule has 0 bridgehead atoms. The van der Waals surface area contributed by atoms with Gasteiger partial charge in [0.2, 0.25) is 0 Å². The minimum atomic E-state index is -0.625. The summed E-state index contributed by atoms with van der Waals surface area (Å²) in [6, 6.07) is 8.80. The first-order chi connectivity index (χ1) is 11.7. The van der Waals surface area contributed by atoms with Crippen molar-refractivity contribution in [3.05, 3.63) is 36.0 Å². The van der Waals surface area contributed by atoms with Crippen LogP contribution < -0.4 is 15.8 Å². The summed E-state index contributed by atoms with van der Waals surface area (Å²) in [5.41, 5.74) is 6.79. The number of aromatic nitrogens is 2. The number of hydrogen-bond donors (Lipinski definition) is 2. The number of urea groups is 1. The van der Waals surface area contributed by atoms with Gasteiger partial charge in [0.15, 0.2) is 0 Å². The number of nitrogens with one attached hydrogen (secondary N) is 1. The minimum absolute atomic E-state index is 0.154. The molecule has 1 heterocycles. The number of amides is 2. The average molecular weight is 345 g/mol. The largest absolute Gasteiger partial charge is 0.492 e. The van der Waals surface area contributed by atoms with Crippen LogP contribution in [0.4, 0.5) is 10.6 Å². The van der Waals surface area contributed by atoms with Crippen molar-refractivity contribution in [3.8, 4) is 11.4 Å². The summed E-state index contributed by atoms with van der Waals surface area (Å²) in [5.74, 6) is 1.28. The first kappa shape index (κ1) is 18.8. The number of nitrogens with zero attached hydrogens (tertiary/aromatic N) is 3. The molecule has 2 aromatic rings. The quantitative estimate of drug-likeness (QED) is 0.843. The molecule has 0 unspecified atom stereocenters. The van der Waals surface area contributed by atoms with E-state index in [0.717, 1.165) is 23.7 Å². The van der Waals surface area contributed by atoms with Crippen LogP contribution in [0.15, 0.2) is 30.3 Å². The number of anilines is 1. The van der Waals surface area contributed by atoms with Crippen molar-refractivity contribution in [1.82, 2.24) is 14.7 Å². The summed E-state index contributed by atoms with van der Waals surface area (Å²) in [7, 11) is 4.00. The van der Waals surface area contributed by atoms with Crippen molar-refractivity contribution >= 4 is 11.8 Å². The Hall–Kier alpha value is -2.54. The first-order valence-corrected chi connectivity index (χ1v) is 8.22. The summed E-state index contributed by atoms with van der Waals surface area (Å²) >= 11 is 0. The Morgan fingerprint density at radius 3 is 2.64 bits per heavy atom. The van der Waals surface area contributed by atoms with Crippen LogP contribution in [0, 0.1) is 0 Å². The van der Waals surface area contributed by atoms with E-state index in [4.69, 9.17) is 10.5 Å². The molecule has 0 aliphatic carbocycles. The van der Waals surface area contributed by atoms with Crippen molar-refractivity contribution in [2.24, 2.45) is 5.73 Å². The number of carbonyl (C=O) groups is 1. The fourth-order valence-corrected chi connectivity index (χ4v) is 2.21. The zero-order valence-electron chi connectivity index (χ0n) is 15.5. The van der Waals surface area contributed by atoms with Crippen molar-refractivity contribution < 1.29 is 9.53 Å². The number of ether oxygens (including phenoxy) is 1. The van der Waals surface area contributed by atoms with E-state index >= 15 is 0 Å². The Labute approximate surface area is 148 Å². The number of primary amides is 1. The molecule has 25 heavy (non-hydrogen) atoms. The normalized spacial score (nSPS) is 11.6. The molecule has 0 saturated carbocycles. The van der Waals surface area contributed by atoms with Crippen molar-refractivity contribution in [2.75, 3.05) is 32.6 Å². The summed E-state index contributed by atoms with van der Waals surface area (Å²) in [6.07, 6.45) is 0. The van der Waals surface area contributed by atoms with Crippen LogP contribution in [0.2, 0.25) is 0 Å². The molecule has 0 radical (unpaired) electrons. The van der Waals surface area contributed by atoms with Crippen molar-refractivity contribution in [1.29, 1.82) is 0 Å². The Bertz CT molecular complexity index is 731. The zero-order chi connectivity index (χ0) is 18.6. The standard InChI is InChI=1S/C18H27N5O2/c1-18(2,3)15-12-16(20-17(19)24)23(21-15)13-7-6-8-14(11-13)25-10-9-22(4)5/h6-8,11-12H,9-10H2,1-5H3,(H3,19,20,24). The van der Waals surface area contributed by atoms with Crippen LogP contribution in [-0.2, 0) is 5.41 Å². The van der Waals surface area contributed by atoms with Gasteiger partial charge < -0.3 is 15.4 Å². The van der Waals surface area contributed by atoms with E-state index in [9.17, 15) is 4.79 Å². The lowest BCUT2D eigenvalue weighted by Gasteiger charge is -2.14. The van der Waals surface area contributed by atoms with Crippen LogP contribution in [0.5, 0.6) is 5.75 Å². The van der Waals surface area contributed by atoms with E-state index in [1.165, 1.54) is 0 Å². The molecule has 0 aliphatic heterocycles. The smallest absolute Gasteiger partial charge is 0.317 e. The van der Waals surface area contributed by atoms with E-state index in [0.29, 0.717) is 12.4 Å². The number of benzene rings is 1. The highest BCUT2D eigenvalue weighted by Crippen LogP contribution is 2.27. The number of hydrogen-bond acceptors (Lipinski definition) is 4. The van der Waals surface area contributed by atoms with Crippen molar-refractivity contribution in [2.45, 2.75) is 26.2 Å². The van der Waals surface area contributed by atoms with E-state index < -0.39 is 6.03 Å². The molecule has 0 spiro atoms. The molecular weight excluding hydrogens is 318 g/mol. The van der Waals surface area contributed by atoms with Crippen molar-refractivity contribution in [3.63, 3.8) is 0 Å². The maximum atomic E-state index is 11.3. The number of nitrogens with two attached hydrogens (primary N) is 1. The van der Waals surface area contributed by atoms with Gasteiger partial charge in [0.25, 0.3) is 0 Å². The Balaban J connectivity index is 2.33. The predicted molar refractivity (Wildman–Crippen MR) is 99.5 cm³/mol. The molecule has 7 nitrogen and oxygen atoms in total. The summed E-state index contributed by atoms with van der Waals surface area (Å²) < 4.78 is 7.45. The molecule has 0 fully saturated rings. The number of carbonyl (C=O) groups excluding carboxylic acids is 1. The lowest BCUT2D eigenvalue weighted by atomic mass is 9.92. The van der Waals surface area contributed by atoms with Gasteiger partial charge >= 0.3 is 6.03 Å². The molecule has 0 atom stereocenters. The van der Waals surface area contributed by atoms with Crippen LogP contribution in [0.25, 0.3) is 5.69 Å². The SMILES string of the molecule is CN(C)CCOc1cccc(-n2nc(C(C)(C)C)cc2NC(N)=O)c1. The third kappa shape index (κ3) is 5.22. The molecule has 2 amide bonds. The van der Waals surface area contributed by atoms with Crippen LogP contribution in [-0.4, -0.2) is 48.0 Å². The molecule has 3 N–H and O–H groups in total. The molecule has 0 aliphatic rings. The molecular formula is C18H27N5O2. The van der Waals surface area contributed by atoms with Gasteiger partial charge in [-0.3, -0.25) is 5.32 Å². The minimum Gasteiger partial charge on any atom is -0.492 e. The van der Waals surface area contributed by atoms with Gasteiger partial charge in [-0.1, -0.05) is 26.8 Å². The van der Waals surface area contributed by atoms with E-state index in [-0.39, 0.29) is 5.41 Å². The van der Waals surface area contributed by atoms with E-state index in [2.05, 4.69) is 36.1 Å². The number of rotatable bonds is 6. The lowest BCUT2D eigenvalue weighted by molar-refractivity contribution is 0.259. The Kier molecular flexibility index (Phi) is 5.69. The van der Waals surface area contributed by atoms with Gasteiger partial charge in [0, 0.05) is 24.1 Å². The van der Waals surface area contributed by atoms with Gasteiger partial charge in [-0.15, -0.1) is 0 Å². The highest BCUT2D eigenvalue weighted by molar-refractivity contribution is 5.87. The monoisotopic (exact) mass is 345 g/mol. The zero-order valence-corrected chi connectivity index (χ0v) is 15.5. The second-order valence-corrected chi connectivity index (χ2v) is 7.21. The predicted octanol–water partition coefficient (Wildman–Crippen LogP) is 2.60. The summed E-state index contributed by atoms with van der Waals surface area (Å²) in [4.78, 5) is 13.4. The maximum Gasteiger partial charge on any atom is 0.317 e. The highest BCUT2D eigenvalue weighted by atomic mass is 16.5. The Morgan fingerprint density at radius 2 is 2.04 bits per heavy atom. The van der Waals surface area contributed by atoms with Gasteiger partial charge in [0.1, 0.15) is 18.2 Å². The third-order valence-corrected chi connectivity index (χ3v) is 3.60. The van der Waals surface area contributed by atoms with Gasteiger partial charge in [-0.25, -0.2) is 9.48 Å². The molecule has 1 aromatic carbocycles. The fourth-order valence-electron chi connectivity index (χ4n) is 2.21. The average Bonchev–Trinajstić information content (AvgIpc) is 2.90. The lowest BCUT2D eigenvalue weighted by Crippen LogP contribution is -2.21. The third-order valence-electron chi connectivity index (χ3n) is 3.60. The summed E-state index contributed by atoms with van der Waals surface area (Å²) in [6.45, 7) is 7.61.